The van der Waals surface area contributed by atoms with Crippen LogP contribution in [0.2, 0.25) is 0 Å². The highest BCUT2D eigenvalue weighted by Crippen LogP contribution is 2.25. The molecule has 72 valence electrons. The molecule has 0 saturated heterocycles. The molecule has 5 nitrogen and oxygen atoms in total. The van der Waals surface area contributed by atoms with Gasteiger partial charge in [-0.1, -0.05) is 0 Å². The van der Waals surface area contributed by atoms with E-state index in [1.165, 1.54) is 14.2 Å². The van der Waals surface area contributed by atoms with Gasteiger partial charge >= 0.3 is 0 Å². The van der Waals surface area contributed by atoms with E-state index in [1.807, 2.05) is 5.48 Å². The predicted octanol–water partition coefficient (Wildman–Crippen LogP) is 0.578. The van der Waals surface area contributed by atoms with Crippen molar-refractivity contribution in [2.24, 2.45) is 0 Å². The van der Waals surface area contributed by atoms with Gasteiger partial charge in [-0.25, -0.2) is 5.48 Å². The minimum atomic E-state index is 0.259. The van der Waals surface area contributed by atoms with Crippen LogP contribution in [0.1, 0.15) is 5.56 Å². The molecule has 1 aromatic heterocycles. The topological polar surface area (TPSA) is 63.6 Å². The molecule has 0 saturated carbocycles. The van der Waals surface area contributed by atoms with Gasteiger partial charge < -0.3 is 14.7 Å². The molecule has 13 heavy (non-hydrogen) atoms. The molecule has 1 rings (SSSR count). The third-order valence-corrected chi connectivity index (χ3v) is 1.67. The second-order valence-electron chi connectivity index (χ2n) is 2.36. The third kappa shape index (κ3) is 2.07. The van der Waals surface area contributed by atoms with Crippen molar-refractivity contribution in [1.29, 1.82) is 0 Å². The quantitative estimate of drug-likeness (QED) is 0.670. The van der Waals surface area contributed by atoms with E-state index in [-0.39, 0.29) is 6.54 Å². The Morgan fingerprint density at radius 3 is 2.23 bits per heavy atom. The summed E-state index contributed by atoms with van der Waals surface area (Å²) in [6.45, 7) is 0.259. The first kappa shape index (κ1) is 9.76. The maximum Gasteiger partial charge on any atom is 0.145 e. The number of hydrogen-bond donors (Lipinski definition) is 2. The summed E-state index contributed by atoms with van der Waals surface area (Å²) in [4.78, 5) is 3.91. The lowest BCUT2D eigenvalue weighted by atomic mass is 10.2. The maximum atomic E-state index is 8.58. The van der Waals surface area contributed by atoms with E-state index in [4.69, 9.17) is 14.7 Å². The van der Waals surface area contributed by atoms with Gasteiger partial charge in [0.1, 0.15) is 11.5 Å². The van der Waals surface area contributed by atoms with Crippen molar-refractivity contribution in [3.8, 4) is 11.5 Å². The molecule has 0 amide bonds. The minimum absolute atomic E-state index is 0.259. The van der Waals surface area contributed by atoms with E-state index in [1.54, 1.807) is 12.4 Å². The summed E-state index contributed by atoms with van der Waals surface area (Å²) < 4.78 is 10.1. The fraction of sp³-hybridized carbons (Fsp3) is 0.375. The summed E-state index contributed by atoms with van der Waals surface area (Å²) in [5, 5.41) is 8.58. The molecule has 5 heteroatoms. The summed E-state index contributed by atoms with van der Waals surface area (Å²) in [7, 11) is 3.08. The van der Waals surface area contributed by atoms with Crippen LogP contribution < -0.4 is 15.0 Å². The van der Waals surface area contributed by atoms with E-state index in [2.05, 4.69) is 4.98 Å². The van der Waals surface area contributed by atoms with Crippen LogP contribution in [0.5, 0.6) is 11.5 Å². The van der Waals surface area contributed by atoms with Gasteiger partial charge in [0.15, 0.2) is 0 Å². The molecule has 0 spiro atoms. The number of nitrogens with one attached hydrogen (secondary N) is 1. The summed E-state index contributed by atoms with van der Waals surface area (Å²) >= 11 is 0. The molecule has 0 aliphatic carbocycles. The Balaban J connectivity index is 3.05. The van der Waals surface area contributed by atoms with Crippen molar-refractivity contribution in [3.63, 3.8) is 0 Å². The standard InChI is InChI=1S/C8H12N2O3/c1-12-7-4-9-5-8(13-2)6(7)3-10-11/h4-5,10-11H,3H2,1-2H3. The number of pyridine rings is 1. The SMILES string of the molecule is COc1cncc(OC)c1CNO. The van der Waals surface area contributed by atoms with Crippen LogP contribution >= 0.6 is 0 Å². The monoisotopic (exact) mass is 184 g/mol. The largest absolute Gasteiger partial charge is 0.495 e. The van der Waals surface area contributed by atoms with E-state index in [0.717, 1.165) is 5.56 Å². The molecule has 0 fully saturated rings. The number of methoxy groups -OCH3 is 2. The number of nitrogens with zero attached hydrogens (tertiary/aromatic N) is 1. The van der Waals surface area contributed by atoms with Crippen LogP contribution in [0, 0.1) is 0 Å². The zero-order valence-electron chi connectivity index (χ0n) is 7.57. The fourth-order valence-corrected chi connectivity index (χ4v) is 1.06. The Hall–Kier alpha value is -1.33. The van der Waals surface area contributed by atoms with Crippen LogP contribution in [-0.4, -0.2) is 24.4 Å². The summed E-state index contributed by atoms with van der Waals surface area (Å²) in [6, 6.07) is 0. The number of hydroxylamine groups is 1. The Morgan fingerprint density at radius 2 is 1.85 bits per heavy atom. The summed E-state index contributed by atoms with van der Waals surface area (Å²) in [6.07, 6.45) is 3.13. The van der Waals surface area contributed by atoms with Gasteiger partial charge in [-0.05, 0) is 0 Å². The number of aromatic nitrogens is 1. The van der Waals surface area contributed by atoms with Crippen LogP contribution in [0.25, 0.3) is 0 Å². The van der Waals surface area contributed by atoms with Gasteiger partial charge in [0.05, 0.1) is 38.7 Å². The Morgan fingerprint density at radius 1 is 1.31 bits per heavy atom. The van der Waals surface area contributed by atoms with Crippen molar-refractivity contribution in [1.82, 2.24) is 10.5 Å². The van der Waals surface area contributed by atoms with Crippen LogP contribution in [0.3, 0.4) is 0 Å². The molecular formula is C8H12N2O3. The molecule has 1 heterocycles. The van der Waals surface area contributed by atoms with Crippen LogP contribution in [0.15, 0.2) is 12.4 Å². The highest BCUT2D eigenvalue weighted by Gasteiger charge is 2.09. The first-order chi connectivity index (χ1) is 6.33. The van der Waals surface area contributed by atoms with Crippen molar-refractivity contribution in [2.75, 3.05) is 14.2 Å². The molecule has 0 radical (unpaired) electrons. The van der Waals surface area contributed by atoms with E-state index in [0.29, 0.717) is 11.5 Å². The average Bonchev–Trinajstić information content (AvgIpc) is 2.18. The Labute approximate surface area is 76.3 Å². The average molecular weight is 184 g/mol. The first-order valence-electron chi connectivity index (χ1n) is 3.75. The van der Waals surface area contributed by atoms with Crippen LogP contribution in [0.4, 0.5) is 0 Å². The van der Waals surface area contributed by atoms with Crippen molar-refractivity contribution in [3.05, 3.63) is 18.0 Å². The number of ether oxygens (including phenoxy) is 2. The predicted molar refractivity (Wildman–Crippen MR) is 46.0 cm³/mol. The number of hydrogen-bond acceptors (Lipinski definition) is 5. The van der Waals surface area contributed by atoms with Crippen LogP contribution in [-0.2, 0) is 6.54 Å². The molecule has 0 aliphatic rings. The lowest BCUT2D eigenvalue weighted by Crippen LogP contribution is -2.09. The minimum Gasteiger partial charge on any atom is -0.495 e. The van der Waals surface area contributed by atoms with Gasteiger partial charge in [0.2, 0.25) is 0 Å². The second kappa shape index (κ2) is 4.64. The van der Waals surface area contributed by atoms with Crippen molar-refractivity contribution in [2.45, 2.75) is 6.54 Å². The lowest BCUT2D eigenvalue weighted by Gasteiger charge is -2.10. The zero-order valence-corrected chi connectivity index (χ0v) is 7.57. The Kier molecular flexibility index (Phi) is 3.48. The second-order valence-corrected chi connectivity index (χ2v) is 2.36. The summed E-state index contributed by atoms with van der Waals surface area (Å²) in [5.41, 5.74) is 2.78. The Bertz CT molecular complexity index is 256. The van der Waals surface area contributed by atoms with Gasteiger partial charge in [-0.15, -0.1) is 0 Å². The molecular weight excluding hydrogens is 172 g/mol. The smallest absolute Gasteiger partial charge is 0.145 e. The van der Waals surface area contributed by atoms with E-state index in [9.17, 15) is 0 Å². The van der Waals surface area contributed by atoms with Gasteiger partial charge in [0.25, 0.3) is 0 Å². The molecule has 0 aliphatic heterocycles. The molecule has 1 aromatic rings. The van der Waals surface area contributed by atoms with Crippen molar-refractivity contribution >= 4 is 0 Å². The zero-order chi connectivity index (χ0) is 9.68. The van der Waals surface area contributed by atoms with E-state index < -0.39 is 0 Å². The molecule has 0 atom stereocenters. The van der Waals surface area contributed by atoms with Gasteiger partial charge in [-0.2, -0.15) is 0 Å². The van der Waals surface area contributed by atoms with Crippen molar-refractivity contribution < 1.29 is 14.7 Å². The van der Waals surface area contributed by atoms with Gasteiger partial charge in [-0.3, -0.25) is 4.98 Å². The first-order valence-corrected chi connectivity index (χ1v) is 3.75. The number of rotatable bonds is 4. The lowest BCUT2D eigenvalue weighted by molar-refractivity contribution is 0.159. The molecule has 0 unspecified atom stereocenters. The fourth-order valence-electron chi connectivity index (χ4n) is 1.06. The third-order valence-electron chi connectivity index (χ3n) is 1.67. The normalized spacial score (nSPS) is 9.77. The molecule has 0 bridgehead atoms. The maximum absolute atomic E-state index is 8.58. The highest BCUT2D eigenvalue weighted by molar-refractivity contribution is 5.41. The van der Waals surface area contributed by atoms with E-state index >= 15 is 0 Å². The van der Waals surface area contributed by atoms with Gasteiger partial charge in [0, 0.05) is 0 Å². The summed E-state index contributed by atoms with van der Waals surface area (Å²) in [5.74, 6) is 1.17. The highest BCUT2D eigenvalue weighted by atomic mass is 16.5. The molecule has 2 N–H and O–H groups in total. The molecule has 0 aromatic carbocycles.